The van der Waals surface area contributed by atoms with Crippen LogP contribution in [0, 0.1) is 5.92 Å². The number of rotatable bonds is 1. The van der Waals surface area contributed by atoms with E-state index in [0.29, 0.717) is 0 Å². The first-order chi connectivity index (χ1) is 5.95. The molecular formula is C9H11N3. The summed E-state index contributed by atoms with van der Waals surface area (Å²) in [6, 6.07) is 4.80. The van der Waals surface area contributed by atoms with Crippen molar-refractivity contribution in [3.05, 3.63) is 18.3 Å². The molecule has 3 rings (SSSR count). The van der Waals surface area contributed by atoms with Gasteiger partial charge in [0.25, 0.3) is 0 Å². The molecule has 2 aliphatic rings. The molecule has 0 amide bonds. The Morgan fingerprint density at radius 3 is 3.08 bits per heavy atom. The molecule has 1 saturated heterocycles. The summed E-state index contributed by atoms with van der Waals surface area (Å²) in [5.74, 6) is 2.02. The first kappa shape index (κ1) is 6.40. The SMILES string of the molecule is c1cnnc(N2CCC3CC32)c1. The molecule has 3 heteroatoms. The molecule has 12 heavy (non-hydrogen) atoms. The fourth-order valence-corrected chi connectivity index (χ4v) is 2.13. The fourth-order valence-electron chi connectivity index (χ4n) is 2.13. The highest BCUT2D eigenvalue weighted by Gasteiger charge is 2.47. The zero-order valence-corrected chi connectivity index (χ0v) is 6.85. The van der Waals surface area contributed by atoms with E-state index in [1.807, 2.05) is 12.1 Å². The second-order valence-corrected chi connectivity index (χ2v) is 3.63. The van der Waals surface area contributed by atoms with Crippen LogP contribution in [-0.2, 0) is 0 Å². The Balaban J connectivity index is 1.89. The monoisotopic (exact) mass is 161 g/mol. The summed E-state index contributed by atoms with van der Waals surface area (Å²) in [4.78, 5) is 2.39. The molecule has 0 bridgehead atoms. The number of nitrogens with zero attached hydrogens (tertiary/aromatic N) is 3. The predicted octanol–water partition coefficient (Wildman–Crippen LogP) is 1.08. The maximum atomic E-state index is 4.11. The third kappa shape index (κ3) is 0.823. The van der Waals surface area contributed by atoms with Crippen molar-refractivity contribution >= 4 is 5.82 Å². The molecule has 1 aromatic heterocycles. The van der Waals surface area contributed by atoms with Gasteiger partial charge in [-0.15, -0.1) is 5.10 Å². The van der Waals surface area contributed by atoms with Gasteiger partial charge >= 0.3 is 0 Å². The van der Waals surface area contributed by atoms with E-state index >= 15 is 0 Å². The first-order valence-corrected chi connectivity index (χ1v) is 4.49. The van der Waals surface area contributed by atoms with E-state index < -0.39 is 0 Å². The van der Waals surface area contributed by atoms with Crippen molar-refractivity contribution in [2.24, 2.45) is 5.92 Å². The van der Waals surface area contributed by atoms with E-state index in [0.717, 1.165) is 17.8 Å². The summed E-state index contributed by atoms with van der Waals surface area (Å²) in [6.07, 6.45) is 4.45. The van der Waals surface area contributed by atoms with E-state index in [2.05, 4.69) is 15.1 Å². The van der Waals surface area contributed by atoms with Crippen molar-refractivity contribution in [1.29, 1.82) is 0 Å². The van der Waals surface area contributed by atoms with Crippen LogP contribution in [0.5, 0.6) is 0 Å². The smallest absolute Gasteiger partial charge is 0.151 e. The number of anilines is 1. The van der Waals surface area contributed by atoms with Crippen LogP contribution in [0.1, 0.15) is 12.8 Å². The van der Waals surface area contributed by atoms with Gasteiger partial charge in [0.1, 0.15) is 0 Å². The lowest BCUT2D eigenvalue weighted by molar-refractivity contribution is 0.785. The number of hydrogen-bond acceptors (Lipinski definition) is 3. The van der Waals surface area contributed by atoms with E-state index in [1.165, 1.54) is 19.4 Å². The van der Waals surface area contributed by atoms with Crippen molar-refractivity contribution in [1.82, 2.24) is 10.2 Å². The summed E-state index contributed by atoms with van der Waals surface area (Å²) in [5, 5.41) is 8.00. The summed E-state index contributed by atoms with van der Waals surface area (Å²) in [6.45, 7) is 1.17. The van der Waals surface area contributed by atoms with Crippen molar-refractivity contribution in [3.63, 3.8) is 0 Å². The van der Waals surface area contributed by atoms with Crippen LogP contribution in [0.25, 0.3) is 0 Å². The average molecular weight is 161 g/mol. The highest BCUT2D eigenvalue weighted by Crippen LogP contribution is 2.45. The van der Waals surface area contributed by atoms with Gasteiger partial charge in [0.05, 0.1) is 0 Å². The standard InChI is InChI=1S/C9H11N3/c1-2-9(11-10-4-1)12-5-3-7-6-8(7)12/h1-2,4,7-8H,3,5-6H2. The van der Waals surface area contributed by atoms with Gasteiger partial charge in [-0.2, -0.15) is 5.10 Å². The Morgan fingerprint density at radius 1 is 1.50 bits per heavy atom. The van der Waals surface area contributed by atoms with E-state index in [1.54, 1.807) is 6.20 Å². The lowest BCUT2D eigenvalue weighted by atomic mass is 10.3. The number of fused-ring (bicyclic) bond motifs is 1. The lowest BCUT2D eigenvalue weighted by Gasteiger charge is -2.17. The topological polar surface area (TPSA) is 29.0 Å². The van der Waals surface area contributed by atoms with Crippen LogP contribution < -0.4 is 4.90 Å². The molecular weight excluding hydrogens is 150 g/mol. The third-order valence-corrected chi connectivity index (χ3v) is 2.88. The van der Waals surface area contributed by atoms with E-state index in [-0.39, 0.29) is 0 Å². The largest absolute Gasteiger partial charge is 0.352 e. The molecule has 2 unspecified atom stereocenters. The van der Waals surface area contributed by atoms with Gasteiger partial charge in [-0.1, -0.05) is 0 Å². The Hall–Kier alpha value is -1.12. The van der Waals surface area contributed by atoms with Crippen LogP contribution >= 0.6 is 0 Å². The molecule has 0 aromatic carbocycles. The van der Waals surface area contributed by atoms with Gasteiger partial charge in [0.2, 0.25) is 0 Å². The second kappa shape index (κ2) is 2.19. The Bertz CT molecular complexity index is 285. The first-order valence-electron chi connectivity index (χ1n) is 4.49. The van der Waals surface area contributed by atoms with Crippen molar-refractivity contribution in [3.8, 4) is 0 Å². The van der Waals surface area contributed by atoms with Crippen LogP contribution in [0.3, 0.4) is 0 Å². The highest BCUT2D eigenvalue weighted by molar-refractivity contribution is 5.42. The molecule has 1 saturated carbocycles. The molecule has 1 aliphatic heterocycles. The molecule has 2 fully saturated rings. The molecule has 0 spiro atoms. The molecule has 1 aromatic rings. The molecule has 0 radical (unpaired) electrons. The fraction of sp³-hybridized carbons (Fsp3) is 0.556. The van der Waals surface area contributed by atoms with Crippen LogP contribution in [0.4, 0.5) is 5.82 Å². The average Bonchev–Trinajstić information content (AvgIpc) is 2.80. The molecule has 2 heterocycles. The normalized spacial score (nSPS) is 31.8. The summed E-state index contributed by atoms with van der Waals surface area (Å²) < 4.78 is 0. The van der Waals surface area contributed by atoms with Crippen molar-refractivity contribution in [2.75, 3.05) is 11.4 Å². The zero-order valence-electron chi connectivity index (χ0n) is 6.85. The highest BCUT2D eigenvalue weighted by atomic mass is 15.3. The minimum atomic E-state index is 0.793. The van der Waals surface area contributed by atoms with Crippen LogP contribution in [0.15, 0.2) is 18.3 Å². The summed E-state index contributed by atoms with van der Waals surface area (Å²) >= 11 is 0. The van der Waals surface area contributed by atoms with Gasteiger partial charge in [0, 0.05) is 18.8 Å². The van der Waals surface area contributed by atoms with E-state index in [9.17, 15) is 0 Å². The van der Waals surface area contributed by atoms with Gasteiger partial charge in [-0.3, -0.25) is 0 Å². The predicted molar refractivity (Wildman–Crippen MR) is 45.9 cm³/mol. The number of piperidine rings is 1. The third-order valence-electron chi connectivity index (χ3n) is 2.88. The van der Waals surface area contributed by atoms with Crippen molar-refractivity contribution < 1.29 is 0 Å². The molecule has 62 valence electrons. The molecule has 2 atom stereocenters. The molecule has 0 N–H and O–H groups in total. The minimum absolute atomic E-state index is 0.793. The van der Waals surface area contributed by atoms with Crippen molar-refractivity contribution in [2.45, 2.75) is 18.9 Å². The Kier molecular flexibility index (Phi) is 1.17. The summed E-state index contributed by atoms with van der Waals surface area (Å²) in [7, 11) is 0. The Labute approximate surface area is 71.4 Å². The van der Waals surface area contributed by atoms with Gasteiger partial charge < -0.3 is 4.90 Å². The number of aromatic nitrogens is 2. The van der Waals surface area contributed by atoms with Gasteiger partial charge in [0.15, 0.2) is 5.82 Å². The van der Waals surface area contributed by atoms with Crippen LogP contribution in [-0.4, -0.2) is 22.8 Å². The van der Waals surface area contributed by atoms with Gasteiger partial charge in [-0.25, -0.2) is 0 Å². The Morgan fingerprint density at radius 2 is 2.50 bits per heavy atom. The summed E-state index contributed by atoms with van der Waals surface area (Å²) in [5.41, 5.74) is 0. The number of hydrogen-bond donors (Lipinski definition) is 0. The zero-order chi connectivity index (χ0) is 7.97. The molecule has 3 nitrogen and oxygen atoms in total. The van der Waals surface area contributed by atoms with Crippen LogP contribution in [0.2, 0.25) is 0 Å². The second-order valence-electron chi connectivity index (χ2n) is 3.63. The minimum Gasteiger partial charge on any atom is -0.352 e. The van der Waals surface area contributed by atoms with Gasteiger partial charge in [-0.05, 0) is 30.9 Å². The lowest BCUT2D eigenvalue weighted by Crippen LogP contribution is -2.23. The maximum Gasteiger partial charge on any atom is 0.151 e. The van der Waals surface area contributed by atoms with E-state index in [4.69, 9.17) is 0 Å². The molecule has 1 aliphatic carbocycles. The quantitative estimate of drug-likeness (QED) is 0.617. The maximum absolute atomic E-state index is 4.11.